The molecule has 1 aliphatic heterocycles. The minimum atomic E-state index is -1.07. The van der Waals surface area contributed by atoms with E-state index in [2.05, 4.69) is 10.6 Å². The highest BCUT2D eigenvalue weighted by Crippen LogP contribution is 2.28. The quantitative estimate of drug-likeness (QED) is 0.712. The molecule has 1 heterocycles. The number of hydrogen-bond acceptors (Lipinski definition) is 4. The Balaban J connectivity index is 1.61. The molecule has 28 heavy (non-hydrogen) atoms. The standard InChI is InChI=1S/C21H22N2O5/c1-21(2,20(26)27)12-22-18(24)14-7-5-8-15(10-14)23-19(25)17-11-13-6-3-4-9-16(13)28-17/h3-10,17H,11-12H2,1-2H3,(H,22,24)(H,23,25)(H,26,27). The normalized spacial score (nSPS) is 15.3. The van der Waals surface area contributed by atoms with Gasteiger partial charge in [0.1, 0.15) is 5.75 Å². The van der Waals surface area contributed by atoms with Crippen LogP contribution in [0.3, 0.4) is 0 Å². The van der Waals surface area contributed by atoms with Gasteiger partial charge in [-0.15, -0.1) is 0 Å². The molecule has 0 saturated carbocycles. The first-order valence-corrected chi connectivity index (χ1v) is 8.93. The van der Waals surface area contributed by atoms with Gasteiger partial charge in [0.05, 0.1) is 5.41 Å². The van der Waals surface area contributed by atoms with Crippen molar-refractivity contribution in [1.29, 1.82) is 0 Å². The highest BCUT2D eigenvalue weighted by molar-refractivity contribution is 5.98. The van der Waals surface area contributed by atoms with Gasteiger partial charge in [-0.25, -0.2) is 0 Å². The van der Waals surface area contributed by atoms with Gasteiger partial charge in [-0.3, -0.25) is 14.4 Å². The number of ether oxygens (including phenoxy) is 1. The van der Waals surface area contributed by atoms with Crippen molar-refractivity contribution in [2.24, 2.45) is 5.41 Å². The van der Waals surface area contributed by atoms with Gasteiger partial charge in [-0.05, 0) is 43.7 Å². The number of nitrogens with one attached hydrogen (secondary N) is 2. The summed E-state index contributed by atoms with van der Waals surface area (Å²) in [7, 11) is 0. The molecule has 0 aliphatic carbocycles. The highest BCUT2D eigenvalue weighted by Gasteiger charge is 2.29. The molecule has 0 spiro atoms. The van der Waals surface area contributed by atoms with E-state index in [1.54, 1.807) is 24.3 Å². The maximum atomic E-state index is 12.5. The average Bonchev–Trinajstić information content (AvgIpc) is 3.10. The van der Waals surface area contributed by atoms with Crippen LogP contribution in [0.2, 0.25) is 0 Å². The molecule has 0 saturated heterocycles. The zero-order valence-corrected chi connectivity index (χ0v) is 15.7. The van der Waals surface area contributed by atoms with Crippen molar-refractivity contribution in [2.45, 2.75) is 26.4 Å². The van der Waals surface area contributed by atoms with E-state index in [0.29, 0.717) is 23.4 Å². The summed E-state index contributed by atoms with van der Waals surface area (Å²) in [5.41, 5.74) is 0.706. The Bertz CT molecular complexity index is 898. The number of carboxylic acids is 1. The van der Waals surface area contributed by atoms with Crippen LogP contribution in [0.25, 0.3) is 0 Å². The number of fused-ring (bicyclic) bond motifs is 1. The average molecular weight is 382 g/mol. The molecule has 2 aromatic rings. The molecular weight excluding hydrogens is 360 g/mol. The van der Waals surface area contributed by atoms with Crippen molar-refractivity contribution in [2.75, 3.05) is 11.9 Å². The summed E-state index contributed by atoms with van der Waals surface area (Å²) in [4.78, 5) is 36.0. The molecule has 0 radical (unpaired) electrons. The molecule has 1 aliphatic rings. The van der Waals surface area contributed by atoms with E-state index in [1.165, 1.54) is 13.8 Å². The number of amides is 2. The fraction of sp³-hybridized carbons (Fsp3) is 0.286. The van der Waals surface area contributed by atoms with Crippen molar-refractivity contribution in [1.82, 2.24) is 5.32 Å². The van der Waals surface area contributed by atoms with E-state index in [4.69, 9.17) is 9.84 Å². The van der Waals surface area contributed by atoms with Crippen LogP contribution in [-0.4, -0.2) is 35.5 Å². The third kappa shape index (κ3) is 4.31. The molecule has 0 aromatic heterocycles. The molecule has 7 nitrogen and oxygen atoms in total. The molecule has 2 aromatic carbocycles. The molecule has 3 N–H and O–H groups in total. The first-order chi connectivity index (χ1) is 13.3. The first kappa shape index (κ1) is 19.4. The third-order valence-electron chi connectivity index (χ3n) is 4.60. The zero-order chi connectivity index (χ0) is 20.3. The van der Waals surface area contributed by atoms with E-state index in [-0.39, 0.29) is 12.5 Å². The van der Waals surface area contributed by atoms with Gasteiger partial charge in [0, 0.05) is 24.2 Å². The predicted molar refractivity (Wildman–Crippen MR) is 103 cm³/mol. The van der Waals surface area contributed by atoms with E-state index in [0.717, 1.165) is 5.56 Å². The van der Waals surface area contributed by atoms with Crippen LogP contribution in [-0.2, 0) is 16.0 Å². The number of aliphatic carboxylic acids is 1. The number of hydrogen-bond donors (Lipinski definition) is 3. The lowest BCUT2D eigenvalue weighted by Gasteiger charge is -2.19. The summed E-state index contributed by atoms with van der Waals surface area (Å²) in [6.45, 7) is 3.06. The second-order valence-electron chi connectivity index (χ2n) is 7.36. The predicted octanol–water partition coefficient (Wildman–Crippen LogP) is 2.47. The van der Waals surface area contributed by atoms with Crippen molar-refractivity contribution >= 4 is 23.5 Å². The Morgan fingerprint density at radius 1 is 1.14 bits per heavy atom. The van der Waals surface area contributed by atoms with Crippen LogP contribution in [0.4, 0.5) is 5.69 Å². The summed E-state index contributed by atoms with van der Waals surface area (Å²) in [5, 5.41) is 14.5. The number of para-hydroxylation sites is 1. The molecular formula is C21H22N2O5. The number of anilines is 1. The molecule has 1 unspecified atom stereocenters. The third-order valence-corrected chi connectivity index (χ3v) is 4.60. The lowest BCUT2D eigenvalue weighted by atomic mass is 9.94. The number of rotatable bonds is 6. The fourth-order valence-electron chi connectivity index (χ4n) is 2.77. The van der Waals surface area contributed by atoms with Crippen molar-refractivity contribution in [3.05, 3.63) is 59.7 Å². The second-order valence-corrected chi connectivity index (χ2v) is 7.36. The van der Waals surface area contributed by atoms with Crippen molar-refractivity contribution in [3.8, 4) is 5.75 Å². The maximum Gasteiger partial charge on any atom is 0.310 e. The monoisotopic (exact) mass is 382 g/mol. The van der Waals surface area contributed by atoms with Gasteiger partial charge in [0.25, 0.3) is 11.8 Å². The van der Waals surface area contributed by atoms with Gasteiger partial charge in [0.2, 0.25) is 0 Å². The summed E-state index contributed by atoms with van der Waals surface area (Å²) >= 11 is 0. The van der Waals surface area contributed by atoms with Gasteiger partial charge in [0.15, 0.2) is 6.10 Å². The van der Waals surface area contributed by atoms with Crippen molar-refractivity contribution < 1.29 is 24.2 Å². The van der Waals surface area contributed by atoms with Crippen LogP contribution >= 0.6 is 0 Å². The minimum absolute atomic E-state index is 0.00801. The minimum Gasteiger partial charge on any atom is -0.481 e. The maximum absolute atomic E-state index is 12.5. The Kier molecular flexibility index (Phi) is 5.35. The highest BCUT2D eigenvalue weighted by atomic mass is 16.5. The summed E-state index contributed by atoms with van der Waals surface area (Å²) in [6.07, 6.45) is -0.127. The Morgan fingerprint density at radius 3 is 2.61 bits per heavy atom. The van der Waals surface area contributed by atoms with E-state index in [1.807, 2.05) is 24.3 Å². The number of benzene rings is 2. The summed E-state index contributed by atoms with van der Waals surface area (Å²) in [5.74, 6) is -0.987. The second kappa shape index (κ2) is 7.72. The molecule has 146 valence electrons. The smallest absolute Gasteiger partial charge is 0.310 e. The first-order valence-electron chi connectivity index (χ1n) is 8.93. The lowest BCUT2D eigenvalue weighted by Crippen LogP contribution is -2.38. The van der Waals surface area contributed by atoms with Gasteiger partial charge in [-0.2, -0.15) is 0 Å². The molecule has 2 amide bonds. The van der Waals surface area contributed by atoms with Crippen LogP contribution < -0.4 is 15.4 Å². The van der Waals surface area contributed by atoms with Gasteiger partial charge in [-0.1, -0.05) is 24.3 Å². The number of carbonyl (C=O) groups excluding carboxylic acids is 2. The number of carboxylic acid groups (broad SMARTS) is 1. The summed E-state index contributed by atoms with van der Waals surface area (Å²) in [6, 6.07) is 14.0. The van der Waals surface area contributed by atoms with Crippen LogP contribution in [0.1, 0.15) is 29.8 Å². The fourth-order valence-corrected chi connectivity index (χ4v) is 2.77. The van der Waals surface area contributed by atoms with E-state index < -0.39 is 23.4 Å². The zero-order valence-electron chi connectivity index (χ0n) is 15.7. The van der Waals surface area contributed by atoms with Crippen LogP contribution in [0.5, 0.6) is 5.75 Å². The Morgan fingerprint density at radius 2 is 1.89 bits per heavy atom. The van der Waals surface area contributed by atoms with Crippen LogP contribution in [0, 0.1) is 5.41 Å². The Labute approximate surface area is 162 Å². The van der Waals surface area contributed by atoms with E-state index >= 15 is 0 Å². The largest absolute Gasteiger partial charge is 0.481 e. The summed E-state index contributed by atoms with van der Waals surface area (Å²) < 4.78 is 5.67. The topological polar surface area (TPSA) is 105 Å². The molecule has 7 heteroatoms. The lowest BCUT2D eigenvalue weighted by molar-refractivity contribution is -0.146. The molecule has 3 rings (SSSR count). The molecule has 0 fully saturated rings. The molecule has 0 bridgehead atoms. The van der Waals surface area contributed by atoms with Gasteiger partial charge >= 0.3 is 5.97 Å². The van der Waals surface area contributed by atoms with E-state index in [9.17, 15) is 14.4 Å². The van der Waals surface area contributed by atoms with Gasteiger partial charge < -0.3 is 20.5 Å². The number of carbonyl (C=O) groups is 3. The van der Waals surface area contributed by atoms with Crippen molar-refractivity contribution in [3.63, 3.8) is 0 Å². The van der Waals surface area contributed by atoms with Crippen LogP contribution in [0.15, 0.2) is 48.5 Å². The molecule has 1 atom stereocenters. The Hall–Kier alpha value is -3.35. The SMILES string of the molecule is CC(C)(CNC(=O)c1cccc(NC(=O)C2Cc3ccccc3O2)c1)C(=O)O.